The van der Waals surface area contributed by atoms with Crippen LogP contribution in [0, 0.1) is 0 Å². The van der Waals surface area contributed by atoms with E-state index in [9.17, 15) is 14.7 Å². The van der Waals surface area contributed by atoms with Crippen molar-refractivity contribution >= 4 is 17.6 Å². The fourth-order valence-electron chi connectivity index (χ4n) is 3.97. The Morgan fingerprint density at radius 3 is 2.03 bits per heavy atom. The van der Waals surface area contributed by atoms with Crippen LogP contribution in [0.2, 0.25) is 0 Å². The van der Waals surface area contributed by atoms with Gasteiger partial charge < -0.3 is 9.84 Å². The van der Waals surface area contributed by atoms with Crippen LogP contribution in [0.3, 0.4) is 0 Å². The number of benzene rings is 3. The van der Waals surface area contributed by atoms with Gasteiger partial charge in [0.1, 0.15) is 5.75 Å². The van der Waals surface area contributed by atoms with Gasteiger partial charge in [0.25, 0.3) is 0 Å². The summed E-state index contributed by atoms with van der Waals surface area (Å²) >= 11 is 0. The second-order valence-electron chi connectivity index (χ2n) is 7.03. The lowest BCUT2D eigenvalue weighted by atomic mass is 9.81. The van der Waals surface area contributed by atoms with Gasteiger partial charge in [-0.2, -0.15) is 0 Å². The highest BCUT2D eigenvalue weighted by atomic mass is 16.5. The molecule has 0 fully saturated rings. The van der Waals surface area contributed by atoms with Crippen LogP contribution in [0.5, 0.6) is 5.75 Å². The van der Waals surface area contributed by atoms with E-state index in [2.05, 4.69) is 0 Å². The monoisotopic (exact) mass is 380 g/mol. The zero-order valence-corrected chi connectivity index (χ0v) is 15.3. The highest BCUT2D eigenvalue weighted by Gasteiger charge is 2.39. The van der Waals surface area contributed by atoms with Crippen molar-refractivity contribution in [2.75, 3.05) is 0 Å². The number of ketones is 2. The Balaban J connectivity index is 1.72. The predicted octanol–water partition coefficient (Wildman–Crippen LogP) is 4.86. The number of fused-ring (bicyclic) bond motifs is 3. The molecule has 0 radical (unpaired) electrons. The van der Waals surface area contributed by atoms with Crippen molar-refractivity contribution in [1.82, 2.24) is 0 Å². The molecule has 1 N–H and O–H groups in total. The molecule has 4 nitrogen and oxygen atoms in total. The lowest BCUT2D eigenvalue weighted by Gasteiger charge is -2.36. The number of rotatable bonds is 2. The highest BCUT2D eigenvalue weighted by molar-refractivity contribution is 6.25. The predicted molar refractivity (Wildman–Crippen MR) is 109 cm³/mol. The van der Waals surface area contributed by atoms with Crippen LogP contribution in [-0.2, 0) is 5.60 Å². The molecule has 1 aliphatic heterocycles. The molecule has 1 heterocycles. The topological polar surface area (TPSA) is 63.6 Å². The van der Waals surface area contributed by atoms with Gasteiger partial charge in [-0.3, -0.25) is 9.59 Å². The van der Waals surface area contributed by atoms with Crippen molar-refractivity contribution in [1.29, 1.82) is 0 Å². The number of carbonyl (C=O) groups is 2. The molecule has 0 amide bonds. The van der Waals surface area contributed by atoms with Crippen molar-refractivity contribution in [3.05, 3.63) is 119 Å². The fourth-order valence-corrected chi connectivity index (χ4v) is 3.97. The molecule has 140 valence electrons. The van der Waals surface area contributed by atoms with Crippen LogP contribution in [-0.4, -0.2) is 16.7 Å². The lowest BCUT2D eigenvalue weighted by Crippen LogP contribution is -2.35. The molecule has 0 spiro atoms. The SMILES string of the molecule is O=C1C(O)=CC(=O)c2c1ccc1c2C=CC(c2ccccc2)(c2ccccc2)O1. The molecule has 3 aromatic rings. The smallest absolute Gasteiger partial charge is 0.228 e. The van der Waals surface area contributed by atoms with Gasteiger partial charge in [-0.05, 0) is 24.3 Å². The second kappa shape index (κ2) is 6.31. The van der Waals surface area contributed by atoms with Crippen molar-refractivity contribution in [2.24, 2.45) is 0 Å². The van der Waals surface area contributed by atoms with Gasteiger partial charge in [-0.1, -0.05) is 60.7 Å². The molecule has 0 bridgehead atoms. The van der Waals surface area contributed by atoms with Crippen molar-refractivity contribution < 1.29 is 19.4 Å². The van der Waals surface area contributed by atoms with Crippen LogP contribution in [0.4, 0.5) is 0 Å². The number of hydrogen-bond donors (Lipinski definition) is 1. The quantitative estimate of drug-likeness (QED) is 0.690. The Morgan fingerprint density at radius 2 is 1.41 bits per heavy atom. The van der Waals surface area contributed by atoms with E-state index in [1.165, 1.54) is 6.07 Å². The van der Waals surface area contributed by atoms with Gasteiger partial charge in [-0.25, -0.2) is 0 Å². The number of hydrogen-bond acceptors (Lipinski definition) is 4. The van der Waals surface area contributed by atoms with Gasteiger partial charge in [0.05, 0.1) is 0 Å². The maximum absolute atomic E-state index is 12.5. The zero-order valence-electron chi connectivity index (χ0n) is 15.3. The van der Waals surface area contributed by atoms with Gasteiger partial charge in [0, 0.05) is 33.9 Å². The van der Waals surface area contributed by atoms with Crippen molar-refractivity contribution in [2.45, 2.75) is 5.60 Å². The van der Waals surface area contributed by atoms with Crippen LogP contribution >= 0.6 is 0 Å². The summed E-state index contributed by atoms with van der Waals surface area (Å²) < 4.78 is 6.53. The molecule has 0 aromatic heterocycles. The number of aliphatic hydroxyl groups is 1. The Hall–Kier alpha value is -3.92. The van der Waals surface area contributed by atoms with Gasteiger partial charge in [0.15, 0.2) is 17.1 Å². The number of carbonyl (C=O) groups excluding carboxylic acids is 2. The molecule has 0 atom stereocenters. The Morgan fingerprint density at radius 1 is 0.793 bits per heavy atom. The minimum atomic E-state index is -0.858. The maximum atomic E-state index is 12.5. The number of aliphatic hydroxyl groups excluding tert-OH is 1. The first kappa shape index (κ1) is 17.2. The number of allylic oxidation sites excluding steroid dienone is 2. The van der Waals surface area contributed by atoms with Crippen LogP contribution in [0.15, 0.2) is 90.7 Å². The van der Waals surface area contributed by atoms with E-state index >= 15 is 0 Å². The molecule has 2 aliphatic rings. The van der Waals surface area contributed by atoms with E-state index in [1.54, 1.807) is 6.07 Å². The van der Waals surface area contributed by atoms with E-state index in [0.29, 0.717) is 11.3 Å². The minimum absolute atomic E-state index is 0.189. The summed E-state index contributed by atoms with van der Waals surface area (Å²) in [6.45, 7) is 0. The van der Waals surface area contributed by atoms with Crippen molar-refractivity contribution in [3.63, 3.8) is 0 Å². The van der Waals surface area contributed by atoms with Crippen LogP contribution in [0.1, 0.15) is 37.4 Å². The van der Waals surface area contributed by atoms with Crippen molar-refractivity contribution in [3.8, 4) is 5.75 Å². The summed E-state index contributed by atoms with van der Waals surface area (Å²) in [5, 5.41) is 9.72. The molecule has 1 aliphatic carbocycles. The van der Waals surface area contributed by atoms with Gasteiger partial charge >= 0.3 is 0 Å². The summed E-state index contributed by atoms with van der Waals surface area (Å²) in [7, 11) is 0. The summed E-state index contributed by atoms with van der Waals surface area (Å²) in [5.74, 6) is -0.992. The molecule has 0 unspecified atom stereocenters. The summed E-state index contributed by atoms with van der Waals surface area (Å²) in [6.07, 6.45) is 4.71. The largest absolute Gasteiger partial charge is 0.504 e. The first-order valence-corrected chi connectivity index (χ1v) is 9.26. The van der Waals surface area contributed by atoms with E-state index < -0.39 is 22.9 Å². The molecule has 0 saturated carbocycles. The minimum Gasteiger partial charge on any atom is -0.504 e. The van der Waals surface area contributed by atoms with E-state index in [-0.39, 0.29) is 11.1 Å². The third kappa shape index (κ3) is 2.53. The third-order valence-electron chi connectivity index (χ3n) is 5.36. The molecule has 4 heteroatoms. The van der Waals surface area contributed by atoms with Crippen LogP contribution in [0.25, 0.3) is 6.08 Å². The first-order chi connectivity index (χ1) is 14.1. The average molecular weight is 380 g/mol. The van der Waals surface area contributed by atoms with E-state index in [0.717, 1.165) is 17.2 Å². The Bertz CT molecular complexity index is 1160. The third-order valence-corrected chi connectivity index (χ3v) is 5.36. The van der Waals surface area contributed by atoms with Crippen LogP contribution < -0.4 is 4.74 Å². The average Bonchev–Trinajstić information content (AvgIpc) is 2.77. The summed E-state index contributed by atoms with van der Waals surface area (Å²) in [6, 6.07) is 22.9. The molecule has 3 aromatic carbocycles. The number of ether oxygens (including phenoxy) is 1. The summed E-state index contributed by atoms with van der Waals surface area (Å²) in [4.78, 5) is 24.8. The maximum Gasteiger partial charge on any atom is 0.228 e. The normalized spacial score (nSPS) is 16.5. The Labute approximate surface area is 167 Å². The second-order valence-corrected chi connectivity index (χ2v) is 7.03. The standard InChI is InChI=1S/C25H16O4/c26-20-15-21(27)24(28)19-11-12-22-18(23(19)20)13-14-25(29-22,16-7-3-1-4-8-16)17-9-5-2-6-10-17/h1-15,27H. The van der Waals surface area contributed by atoms with Gasteiger partial charge in [-0.15, -0.1) is 0 Å². The highest BCUT2D eigenvalue weighted by Crippen LogP contribution is 2.44. The van der Waals surface area contributed by atoms with E-state index in [1.807, 2.05) is 72.8 Å². The fraction of sp³-hybridized carbons (Fsp3) is 0.0400. The van der Waals surface area contributed by atoms with Gasteiger partial charge in [0.2, 0.25) is 5.78 Å². The molecule has 0 saturated heterocycles. The lowest BCUT2D eigenvalue weighted by molar-refractivity contribution is 0.0938. The molecular weight excluding hydrogens is 364 g/mol. The first-order valence-electron chi connectivity index (χ1n) is 9.26. The molecule has 29 heavy (non-hydrogen) atoms. The zero-order chi connectivity index (χ0) is 20.0. The Kier molecular flexibility index (Phi) is 3.74. The van der Waals surface area contributed by atoms with E-state index in [4.69, 9.17) is 4.74 Å². The number of Topliss-reactive ketones (excluding diaryl/α,β-unsaturated/α-hetero) is 1. The molecular formula is C25H16O4. The summed E-state index contributed by atoms with van der Waals surface area (Å²) in [5.41, 5.74) is 2.04. The molecule has 5 rings (SSSR count).